The predicted octanol–water partition coefficient (Wildman–Crippen LogP) is 0.944. The number of carboxylic acid groups (broad SMARTS) is 3. The van der Waals surface area contributed by atoms with Crippen LogP contribution < -0.4 is 10.6 Å². The van der Waals surface area contributed by atoms with Crippen molar-refractivity contribution in [1.29, 1.82) is 0 Å². The molecular formula is C17H28N2O8. The lowest BCUT2D eigenvalue weighted by Crippen LogP contribution is -2.55. The SMILES string of the molecule is CCCC(C(C)C(C)=O)C(NC(=O)NC(CC(C)C(=O)O)C(=O)O)C(=O)O. The second-order valence-corrected chi connectivity index (χ2v) is 6.65. The van der Waals surface area contributed by atoms with Crippen LogP contribution in [0.3, 0.4) is 0 Å². The maximum atomic E-state index is 12.1. The van der Waals surface area contributed by atoms with Crippen molar-refractivity contribution >= 4 is 29.7 Å². The number of rotatable bonds is 12. The van der Waals surface area contributed by atoms with Gasteiger partial charge in [-0.2, -0.15) is 0 Å². The van der Waals surface area contributed by atoms with E-state index in [1.807, 2.05) is 6.92 Å². The van der Waals surface area contributed by atoms with Gasteiger partial charge in [0.05, 0.1) is 5.92 Å². The lowest BCUT2D eigenvalue weighted by molar-refractivity contribution is -0.144. The maximum Gasteiger partial charge on any atom is 0.326 e. The molecule has 0 saturated heterocycles. The molecule has 0 fully saturated rings. The molecule has 0 aromatic heterocycles. The summed E-state index contributed by atoms with van der Waals surface area (Å²) in [5.74, 6) is -6.53. The first kappa shape index (κ1) is 24.4. The topological polar surface area (TPSA) is 170 Å². The molecule has 0 heterocycles. The standard InChI is InChI=1S/C17H28N2O8/c1-5-6-11(9(3)10(4)20)13(16(25)26)19-17(27)18-12(15(23)24)7-8(2)14(21)22/h8-9,11-13H,5-7H2,1-4H3,(H,21,22)(H,23,24)(H,25,26)(H2,18,19,27). The van der Waals surface area contributed by atoms with Crippen LogP contribution >= 0.6 is 0 Å². The molecule has 0 aliphatic heterocycles. The molecule has 27 heavy (non-hydrogen) atoms. The van der Waals surface area contributed by atoms with Gasteiger partial charge in [0.2, 0.25) is 0 Å². The summed E-state index contributed by atoms with van der Waals surface area (Å²) in [6, 6.07) is -3.94. The molecule has 0 aromatic rings. The van der Waals surface area contributed by atoms with Crippen molar-refractivity contribution in [2.24, 2.45) is 17.8 Å². The highest BCUT2D eigenvalue weighted by atomic mass is 16.4. The monoisotopic (exact) mass is 388 g/mol. The molecule has 154 valence electrons. The first-order valence-corrected chi connectivity index (χ1v) is 8.68. The quantitative estimate of drug-likeness (QED) is 0.329. The number of nitrogens with one attached hydrogen (secondary N) is 2. The van der Waals surface area contributed by atoms with E-state index in [-0.39, 0.29) is 12.2 Å². The summed E-state index contributed by atoms with van der Waals surface area (Å²) in [7, 11) is 0. The number of urea groups is 1. The fraction of sp³-hybridized carbons (Fsp3) is 0.706. The van der Waals surface area contributed by atoms with Gasteiger partial charge in [-0.25, -0.2) is 14.4 Å². The molecule has 5 atom stereocenters. The van der Waals surface area contributed by atoms with Gasteiger partial charge in [0.15, 0.2) is 0 Å². The van der Waals surface area contributed by atoms with Crippen LogP contribution in [0.4, 0.5) is 4.79 Å². The third-order valence-corrected chi connectivity index (χ3v) is 4.50. The molecule has 0 aliphatic carbocycles. The molecule has 0 aliphatic rings. The normalized spacial score (nSPS) is 16.3. The van der Waals surface area contributed by atoms with Crippen molar-refractivity contribution in [2.45, 2.75) is 59.0 Å². The highest BCUT2D eigenvalue weighted by Crippen LogP contribution is 2.23. The Hall–Kier alpha value is -2.65. The van der Waals surface area contributed by atoms with Crippen LogP contribution in [0.2, 0.25) is 0 Å². The summed E-state index contributed by atoms with van der Waals surface area (Å²) in [6.45, 7) is 6.02. The van der Waals surface area contributed by atoms with E-state index in [1.54, 1.807) is 6.92 Å². The van der Waals surface area contributed by atoms with Crippen LogP contribution in [0.5, 0.6) is 0 Å². The number of carbonyl (C=O) groups is 5. The molecule has 5 unspecified atom stereocenters. The summed E-state index contributed by atoms with van der Waals surface area (Å²) in [5.41, 5.74) is 0. The molecule has 0 bridgehead atoms. The van der Waals surface area contributed by atoms with Crippen molar-refractivity contribution < 1.29 is 39.3 Å². The zero-order chi connectivity index (χ0) is 21.3. The molecule has 0 spiro atoms. The maximum absolute atomic E-state index is 12.1. The van der Waals surface area contributed by atoms with E-state index in [2.05, 4.69) is 10.6 Å². The van der Waals surface area contributed by atoms with Crippen LogP contribution in [0.1, 0.15) is 47.0 Å². The summed E-state index contributed by atoms with van der Waals surface area (Å²) < 4.78 is 0. The lowest BCUT2D eigenvalue weighted by Gasteiger charge is -2.29. The average Bonchev–Trinajstić information content (AvgIpc) is 2.55. The fourth-order valence-corrected chi connectivity index (χ4v) is 2.71. The van der Waals surface area contributed by atoms with E-state index in [1.165, 1.54) is 13.8 Å². The molecule has 10 heteroatoms. The molecule has 5 N–H and O–H groups in total. The molecule has 0 radical (unpaired) electrons. The predicted molar refractivity (Wildman–Crippen MR) is 94.2 cm³/mol. The van der Waals surface area contributed by atoms with Crippen molar-refractivity contribution in [2.75, 3.05) is 0 Å². The van der Waals surface area contributed by atoms with Gasteiger partial charge in [0.25, 0.3) is 0 Å². The summed E-state index contributed by atoms with van der Waals surface area (Å²) in [5, 5.41) is 31.8. The molecule has 0 saturated carbocycles. The van der Waals surface area contributed by atoms with Gasteiger partial charge < -0.3 is 26.0 Å². The zero-order valence-corrected chi connectivity index (χ0v) is 15.9. The minimum Gasteiger partial charge on any atom is -0.481 e. The number of carboxylic acids is 3. The Labute approximate surface area is 157 Å². The highest BCUT2D eigenvalue weighted by Gasteiger charge is 2.35. The van der Waals surface area contributed by atoms with Gasteiger partial charge in [-0.05, 0) is 25.7 Å². The minimum atomic E-state index is -1.50. The zero-order valence-electron chi connectivity index (χ0n) is 15.9. The van der Waals surface area contributed by atoms with Crippen LogP contribution in [-0.2, 0) is 19.2 Å². The van der Waals surface area contributed by atoms with Crippen LogP contribution in [0.15, 0.2) is 0 Å². The lowest BCUT2D eigenvalue weighted by atomic mass is 9.81. The Morgan fingerprint density at radius 1 is 0.889 bits per heavy atom. The number of carbonyl (C=O) groups excluding carboxylic acids is 2. The van der Waals surface area contributed by atoms with Gasteiger partial charge >= 0.3 is 23.9 Å². The van der Waals surface area contributed by atoms with Crippen molar-refractivity contribution in [3.63, 3.8) is 0 Å². The molecule has 2 amide bonds. The van der Waals surface area contributed by atoms with Crippen LogP contribution in [0, 0.1) is 17.8 Å². The van der Waals surface area contributed by atoms with Crippen LogP contribution in [0.25, 0.3) is 0 Å². The van der Waals surface area contributed by atoms with E-state index in [0.717, 1.165) is 0 Å². The molecule has 10 nitrogen and oxygen atoms in total. The minimum absolute atomic E-state index is 0.222. The smallest absolute Gasteiger partial charge is 0.326 e. The largest absolute Gasteiger partial charge is 0.481 e. The number of ketones is 1. The van der Waals surface area contributed by atoms with Crippen molar-refractivity contribution in [1.82, 2.24) is 10.6 Å². The number of amides is 2. The van der Waals surface area contributed by atoms with Gasteiger partial charge in [0.1, 0.15) is 17.9 Å². The van der Waals surface area contributed by atoms with Gasteiger partial charge in [0, 0.05) is 5.92 Å². The van der Waals surface area contributed by atoms with Crippen LogP contribution in [-0.4, -0.2) is 57.1 Å². The van der Waals surface area contributed by atoms with Crippen molar-refractivity contribution in [3.05, 3.63) is 0 Å². The third-order valence-electron chi connectivity index (χ3n) is 4.50. The number of hydrogen-bond donors (Lipinski definition) is 5. The van der Waals surface area contributed by atoms with Gasteiger partial charge in [-0.1, -0.05) is 27.2 Å². The Balaban J connectivity index is 5.29. The molecular weight excluding hydrogens is 360 g/mol. The average molecular weight is 388 g/mol. The Morgan fingerprint density at radius 2 is 1.44 bits per heavy atom. The Kier molecular flexibility index (Phi) is 10.1. The van der Waals surface area contributed by atoms with E-state index < -0.39 is 53.8 Å². The van der Waals surface area contributed by atoms with Gasteiger partial charge in [-0.3, -0.25) is 9.59 Å². The Bertz CT molecular complexity index is 577. The Morgan fingerprint density at radius 3 is 1.81 bits per heavy atom. The third kappa shape index (κ3) is 8.06. The molecule has 0 aromatic carbocycles. The second kappa shape index (κ2) is 11.1. The molecule has 0 rings (SSSR count). The second-order valence-electron chi connectivity index (χ2n) is 6.65. The van der Waals surface area contributed by atoms with E-state index in [0.29, 0.717) is 12.8 Å². The summed E-state index contributed by atoms with van der Waals surface area (Å²) in [6.07, 6.45) is 0.595. The fourth-order valence-electron chi connectivity index (χ4n) is 2.71. The first-order chi connectivity index (χ1) is 12.4. The summed E-state index contributed by atoms with van der Waals surface area (Å²) >= 11 is 0. The van der Waals surface area contributed by atoms with Crippen molar-refractivity contribution in [3.8, 4) is 0 Å². The van der Waals surface area contributed by atoms with E-state index in [9.17, 15) is 29.1 Å². The number of hydrogen-bond acceptors (Lipinski definition) is 5. The number of aliphatic carboxylic acids is 3. The van der Waals surface area contributed by atoms with E-state index >= 15 is 0 Å². The van der Waals surface area contributed by atoms with E-state index in [4.69, 9.17) is 10.2 Å². The van der Waals surface area contributed by atoms with Gasteiger partial charge in [-0.15, -0.1) is 0 Å². The summed E-state index contributed by atoms with van der Waals surface area (Å²) in [4.78, 5) is 57.6. The number of Topliss-reactive ketones (excluding diaryl/α,β-unsaturated/α-hetero) is 1. The first-order valence-electron chi connectivity index (χ1n) is 8.68. The highest BCUT2D eigenvalue weighted by molar-refractivity contribution is 5.87.